The molecule has 0 spiro atoms. The van der Waals surface area contributed by atoms with Crippen molar-refractivity contribution in [1.82, 2.24) is 0 Å². The molecule has 0 aromatic rings. The van der Waals surface area contributed by atoms with Gasteiger partial charge in [-0.05, 0) is 6.42 Å². The zero-order valence-electron chi connectivity index (χ0n) is 5.70. The SMILES string of the molecule is CCC(O)C(=S)CC(=O)O. The molecule has 0 aliphatic rings. The molecule has 10 heavy (non-hydrogen) atoms. The monoisotopic (exact) mass is 162 g/mol. The van der Waals surface area contributed by atoms with Crippen molar-refractivity contribution >= 4 is 23.1 Å². The van der Waals surface area contributed by atoms with Gasteiger partial charge in [-0.25, -0.2) is 0 Å². The minimum absolute atomic E-state index is 0.204. The van der Waals surface area contributed by atoms with E-state index in [4.69, 9.17) is 10.2 Å². The average Bonchev–Trinajstić information content (AvgIpc) is 1.85. The predicted octanol–water partition coefficient (Wildman–Crippen LogP) is 0.602. The van der Waals surface area contributed by atoms with Crippen LogP contribution in [-0.4, -0.2) is 27.2 Å². The predicted molar refractivity (Wildman–Crippen MR) is 41.1 cm³/mol. The normalized spacial score (nSPS) is 12.6. The van der Waals surface area contributed by atoms with E-state index in [0.29, 0.717) is 6.42 Å². The number of aliphatic hydroxyl groups is 1. The Morgan fingerprint density at radius 1 is 1.70 bits per heavy atom. The van der Waals surface area contributed by atoms with Gasteiger partial charge in [-0.1, -0.05) is 19.1 Å². The Bertz CT molecular complexity index is 144. The Labute approximate surface area is 64.7 Å². The maximum atomic E-state index is 10.0. The number of carboxylic acid groups (broad SMARTS) is 1. The van der Waals surface area contributed by atoms with Crippen LogP contribution in [0.3, 0.4) is 0 Å². The molecule has 0 saturated carbocycles. The van der Waals surface area contributed by atoms with Crippen LogP contribution in [-0.2, 0) is 4.79 Å². The van der Waals surface area contributed by atoms with E-state index in [9.17, 15) is 4.79 Å². The zero-order chi connectivity index (χ0) is 8.15. The Morgan fingerprint density at radius 3 is 2.50 bits per heavy atom. The van der Waals surface area contributed by atoms with Crippen LogP contribution in [0.15, 0.2) is 0 Å². The van der Waals surface area contributed by atoms with Crippen molar-refractivity contribution in [2.45, 2.75) is 25.9 Å². The summed E-state index contributed by atoms with van der Waals surface area (Å²) in [6.45, 7) is 1.75. The van der Waals surface area contributed by atoms with Crippen LogP contribution in [0.2, 0.25) is 0 Å². The molecule has 4 heteroatoms. The van der Waals surface area contributed by atoms with E-state index in [2.05, 4.69) is 12.2 Å². The summed E-state index contributed by atoms with van der Waals surface area (Å²) in [5.41, 5.74) is 0. The Morgan fingerprint density at radius 2 is 2.20 bits per heavy atom. The van der Waals surface area contributed by atoms with Crippen LogP contribution < -0.4 is 0 Å². The Kier molecular flexibility index (Phi) is 4.14. The van der Waals surface area contributed by atoms with Gasteiger partial charge in [0.05, 0.1) is 12.5 Å². The van der Waals surface area contributed by atoms with E-state index in [-0.39, 0.29) is 11.3 Å². The summed E-state index contributed by atoms with van der Waals surface area (Å²) in [7, 11) is 0. The number of carboxylic acids is 1. The van der Waals surface area contributed by atoms with Crippen LogP contribution in [0.25, 0.3) is 0 Å². The maximum absolute atomic E-state index is 10.0. The number of aliphatic carboxylic acids is 1. The molecule has 58 valence electrons. The van der Waals surface area contributed by atoms with Crippen LogP contribution in [0.1, 0.15) is 19.8 Å². The quantitative estimate of drug-likeness (QED) is 0.594. The lowest BCUT2D eigenvalue weighted by Crippen LogP contribution is -2.19. The highest BCUT2D eigenvalue weighted by Gasteiger charge is 2.10. The van der Waals surface area contributed by atoms with E-state index in [1.165, 1.54) is 0 Å². The van der Waals surface area contributed by atoms with Gasteiger partial charge < -0.3 is 10.2 Å². The van der Waals surface area contributed by atoms with Crippen LogP contribution >= 0.6 is 12.2 Å². The second kappa shape index (κ2) is 4.35. The molecule has 0 aliphatic heterocycles. The summed E-state index contributed by atoms with van der Waals surface area (Å²) in [5.74, 6) is -0.988. The molecule has 0 fully saturated rings. The topological polar surface area (TPSA) is 57.5 Å². The molecule has 1 atom stereocenters. The molecule has 3 nitrogen and oxygen atoms in total. The maximum Gasteiger partial charge on any atom is 0.308 e. The standard InChI is InChI=1S/C6H10O3S/c1-2-4(7)5(10)3-6(8)9/h4,7H,2-3H2,1H3,(H,8,9). The first kappa shape index (κ1) is 9.52. The van der Waals surface area contributed by atoms with Crippen LogP contribution in [0, 0.1) is 0 Å². The van der Waals surface area contributed by atoms with Crippen LogP contribution in [0.5, 0.6) is 0 Å². The summed E-state index contributed by atoms with van der Waals surface area (Å²) < 4.78 is 0. The van der Waals surface area contributed by atoms with Crippen molar-refractivity contribution in [1.29, 1.82) is 0 Å². The van der Waals surface area contributed by atoms with E-state index in [1.807, 2.05) is 0 Å². The third-order valence-corrected chi connectivity index (χ3v) is 1.50. The molecule has 0 saturated heterocycles. The van der Waals surface area contributed by atoms with E-state index in [1.54, 1.807) is 6.92 Å². The first-order valence-electron chi connectivity index (χ1n) is 3.00. The minimum atomic E-state index is -0.988. The van der Waals surface area contributed by atoms with Gasteiger partial charge in [-0.15, -0.1) is 0 Å². The van der Waals surface area contributed by atoms with Crippen molar-refractivity contribution in [2.75, 3.05) is 0 Å². The molecule has 0 radical (unpaired) electrons. The number of hydrogen-bond acceptors (Lipinski definition) is 3. The fourth-order valence-electron chi connectivity index (χ4n) is 0.495. The highest BCUT2D eigenvalue weighted by molar-refractivity contribution is 7.80. The number of carbonyl (C=O) groups is 1. The lowest BCUT2D eigenvalue weighted by Gasteiger charge is -2.05. The Hall–Kier alpha value is -0.480. The molecule has 0 rings (SSSR count). The third-order valence-electron chi connectivity index (χ3n) is 1.08. The van der Waals surface area contributed by atoms with E-state index >= 15 is 0 Å². The number of aliphatic hydroxyl groups excluding tert-OH is 1. The number of hydrogen-bond donors (Lipinski definition) is 2. The first-order valence-corrected chi connectivity index (χ1v) is 3.41. The largest absolute Gasteiger partial charge is 0.481 e. The molecule has 0 amide bonds. The highest BCUT2D eigenvalue weighted by Crippen LogP contribution is 1.98. The molecular formula is C6H10O3S. The average molecular weight is 162 g/mol. The molecule has 0 aromatic carbocycles. The lowest BCUT2D eigenvalue weighted by molar-refractivity contribution is -0.135. The first-order chi connectivity index (χ1) is 4.57. The minimum Gasteiger partial charge on any atom is -0.481 e. The second-order valence-electron chi connectivity index (χ2n) is 1.96. The van der Waals surface area contributed by atoms with Gasteiger partial charge in [0.15, 0.2) is 0 Å². The molecular weight excluding hydrogens is 152 g/mol. The molecule has 1 unspecified atom stereocenters. The fraction of sp³-hybridized carbons (Fsp3) is 0.667. The molecule has 0 aromatic heterocycles. The van der Waals surface area contributed by atoms with E-state index in [0.717, 1.165) is 0 Å². The van der Waals surface area contributed by atoms with Crippen molar-refractivity contribution < 1.29 is 15.0 Å². The number of rotatable bonds is 4. The van der Waals surface area contributed by atoms with Crippen molar-refractivity contribution in [3.05, 3.63) is 0 Å². The molecule has 0 aliphatic carbocycles. The number of thiocarbonyl (C=S) groups is 1. The second-order valence-corrected chi connectivity index (χ2v) is 2.49. The van der Waals surface area contributed by atoms with Crippen molar-refractivity contribution in [2.24, 2.45) is 0 Å². The van der Waals surface area contributed by atoms with Crippen molar-refractivity contribution in [3.63, 3.8) is 0 Å². The molecule has 2 N–H and O–H groups in total. The van der Waals surface area contributed by atoms with Crippen molar-refractivity contribution in [3.8, 4) is 0 Å². The van der Waals surface area contributed by atoms with Gasteiger partial charge >= 0.3 is 5.97 Å². The summed E-state index contributed by atoms with van der Waals surface area (Å²) in [4.78, 5) is 10.2. The van der Waals surface area contributed by atoms with Gasteiger partial charge in [-0.2, -0.15) is 0 Å². The summed E-state index contributed by atoms with van der Waals surface area (Å²) in [6, 6.07) is 0. The van der Waals surface area contributed by atoms with Gasteiger partial charge in [0.25, 0.3) is 0 Å². The van der Waals surface area contributed by atoms with E-state index < -0.39 is 12.1 Å². The molecule has 0 heterocycles. The zero-order valence-corrected chi connectivity index (χ0v) is 6.52. The van der Waals surface area contributed by atoms with Gasteiger partial charge in [-0.3, -0.25) is 4.79 Å². The summed E-state index contributed by atoms with van der Waals surface area (Å²) >= 11 is 4.62. The van der Waals surface area contributed by atoms with Gasteiger partial charge in [0, 0.05) is 4.86 Å². The van der Waals surface area contributed by atoms with Crippen LogP contribution in [0.4, 0.5) is 0 Å². The third kappa shape index (κ3) is 3.53. The summed E-state index contributed by atoms with van der Waals surface area (Å²) in [6.07, 6.45) is -0.484. The van der Waals surface area contributed by atoms with Gasteiger partial charge in [0.1, 0.15) is 0 Å². The molecule has 0 bridgehead atoms. The Balaban J connectivity index is 3.73. The highest BCUT2D eigenvalue weighted by atomic mass is 32.1. The smallest absolute Gasteiger partial charge is 0.308 e. The summed E-state index contributed by atoms with van der Waals surface area (Å²) in [5, 5.41) is 17.2. The van der Waals surface area contributed by atoms with Gasteiger partial charge in [0.2, 0.25) is 0 Å². The lowest BCUT2D eigenvalue weighted by atomic mass is 10.1. The fourth-order valence-corrected chi connectivity index (χ4v) is 0.785.